The van der Waals surface area contributed by atoms with Crippen molar-refractivity contribution in [2.45, 2.75) is 519 Å². The number of halogens is 3. The van der Waals surface area contributed by atoms with Gasteiger partial charge in [0.15, 0.2) is 11.4 Å². The number of anilines is 1. The number of nitrogens with zero attached hydrogens (tertiary/aromatic N) is 21. The van der Waals surface area contributed by atoms with Gasteiger partial charge in [-0.2, -0.15) is 13.9 Å². The van der Waals surface area contributed by atoms with Gasteiger partial charge in [-0.1, -0.05) is 217 Å². The third kappa shape index (κ3) is 27.7. The molecule has 0 spiro atoms. The molecule has 21 nitrogen and oxygen atoms in total. The van der Waals surface area contributed by atoms with Crippen molar-refractivity contribution in [2.75, 3.05) is 4.90 Å². The molecule has 9 aromatic rings. The van der Waals surface area contributed by atoms with Gasteiger partial charge in [0.2, 0.25) is 0 Å². The summed E-state index contributed by atoms with van der Waals surface area (Å²) in [7, 11) is 0. The molecular formula is C118H194F3N21. The highest BCUT2D eigenvalue weighted by Gasteiger charge is 2.54. The third-order valence-corrected chi connectivity index (χ3v) is 31.6. The number of para-hydroxylation sites is 1. The molecule has 24 heteroatoms. The van der Waals surface area contributed by atoms with Gasteiger partial charge in [-0.25, -0.2) is 32.5 Å². The Bertz CT molecular complexity index is 5500. The lowest BCUT2D eigenvalue weighted by molar-refractivity contribution is -0.114. The Hall–Kier alpha value is -7.92. The molecule has 0 bridgehead atoms. The van der Waals surface area contributed by atoms with E-state index in [1.807, 2.05) is 66.3 Å². The molecule has 7 aliphatic carbocycles. The molecule has 8 atom stereocenters. The first kappa shape index (κ1) is 114. The first-order valence-electron chi connectivity index (χ1n) is 55.5. The Labute approximate surface area is 857 Å². The van der Waals surface area contributed by atoms with E-state index in [2.05, 4.69) is 346 Å². The average molecular weight is 1960 g/mol. The van der Waals surface area contributed by atoms with Crippen molar-refractivity contribution in [3.05, 3.63) is 129 Å². The standard InChI is InChI=1S/C24H29N3.C18H31N3.C16H27F2N3.2C16H29N3.C14H24FN3.C14H25N3/c1-23(2,3)26-16-17-11-7-8-12-18(17)20-15-25-27(24(4,5)6)22(20)19-13-9-10-14-21(19)26;1-17(2,3)11-14-12-7-9-15-16(10-8-13(12)14)21(20-19-15)18(4,5)6;1-14(2,3)12-10-8-7-9-11-13(16(12,17)18)19-20-21(11)15(4,5)6;1-15(2,3)12-8-7-9-14-13(11-10-12)17-18-19(14)16(4,5)6;1-15(2,3)12-9-7-8-10-14-13(11-12)17-18-19(14)16(4,5)6;1-10(2)14(15)9-7-5-6-8-12-13(14)16-17-18(12)11(3)4;1-10(2)12-8-6-5-7-9-13-14(12)15-16-17(13)11(3)4/h7-15H,16H2,1-6H3;12-14H,7-11H2,1-6H3;12H,7-10H2,1-6H3;2*12H,7-11H2,1-6H3;10-11H,5-9H2,1-4H3;10-12H,5-9H2,1-4H3. The number of fused-ring (bicyclic) bond motifs is 12. The van der Waals surface area contributed by atoms with Crippen molar-refractivity contribution >= 4 is 5.69 Å². The summed E-state index contributed by atoms with van der Waals surface area (Å²) in [5.41, 5.74) is 19.5. The van der Waals surface area contributed by atoms with Crippen LogP contribution in [0.2, 0.25) is 0 Å². The van der Waals surface area contributed by atoms with Crippen LogP contribution < -0.4 is 4.90 Å². The van der Waals surface area contributed by atoms with E-state index in [-0.39, 0.29) is 50.9 Å². The van der Waals surface area contributed by atoms with Gasteiger partial charge in [-0.15, -0.1) is 30.6 Å². The van der Waals surface area contributed by atoms with Gasteiger partial charge in [0.25, 0.3) is 5.92 Å². The minimum atomic E-state index is -2.92. The Kier molecular flexibility index (Phi) is 36.3. The zero-order chi connectivity index (χ0) is 105. The molecule has 8 aliphatic rings. The predicted octanol–water partition coefficient (Wildman–Crippen LogP) is 30.3. The maximum Gasteiger partial charge on any atom is 0.296 e. The van der Waals surface area contributed by atoms with Crippen LogP contribution in [0.4, 0.5) is 18.9 Å². The molecule has 0 N–H and O–H groups in total. The van der Waals surface area contributed by atoms with Crippen molar-refractivity contribution in [3.63, 3.8) is 0 Å². The van der Waals surface area contributed by atoms with E-state index in [9.17, 15) is 0 Å². The minimum absolute atomic E-state index is 0.00724. The van der Waals surface area contributed by atoms with Gasteiger partial charge < -0.3 is 4.90 Å². The summed E-state index contributed by atoms with van der Waals surface area (Å²) in [5.74, 6) is 2.01. The average Bonchev–Trinajstić information content (AvgIpc) is 1.54. The Morgan fingerprint density at radius 3 is 1.35 bits per heavy atom. The zero-order valence-electron chi connectivity index (χ0n) is 96.3. The maximum atomic E-state index is 15.3. The number of hydrogen-bond acceptors (Lipinski definition) is 14. The molecule has 1 fully saturated rings. The lowest BCUT2D eigenvalue weighted by atomic mass is 9.72. The lowest BCUT2D eigenvalue weighted by Gasteiger charge is -2.41. The van der Waals surface area contributed by atoms with Crippen LogP contribution >= 0.6 is 0 Å². The van der Waals surface area contributed by atoms with Crippen molar-refractivity contribution < 1.29 is 13.2 Å². The van der Waals surface area contributed by atoms with Crippen molar-refractivity contribution in [1.82, 2.24) is 99.7 Å². The zero-order valence-corrected chi connectivity index (χ0v) is 96.3. The maximum absolute atomic E-state index is 15.3. The van der Waals surface area contributed by atoms with Crippen LogP contribution in [-0.4, -0.2) is 105 Å². The normalized spacial score (nSPS) is 22.0. The molecule has 142 heavy (non-hydrogen) atoms. The number of benzene rings is 2. The molecule has 0 radical (unpaired) electrons. The van der Waals surface area contributed by atoms with Crippen LogP contribution in [0.15, 0.2) is 54.7 Å². The fourth-order valence-corrected chi connectivity index (χ4v) is 23.5. The van der Waals surface area contributed by atoms with E-state index in [4.69, 9.17) is 5.10 Å². The van der Waals surface area contributed by atoms with Crippen LogP contribution in [0.25, 0.3) is 22.4 Å². The van der Waals surface area contributed by atoms with Gasteiger partial charge >= 0.3 is 0 Å². The molecule has 0 amide bonds. The summed E-state index contributed by atoms with van der Waals surface area (Å²) < 4.78 is 59.8. The first-order valence-corrected chi connectivity index (χ1v) is 55.5. The van der Waals surface area contributed by atoms with Crippen molar-refractivity contribution in [2.24, 2.45) is 69.0 Å². The van der Waals surface area contributed by atoms with Crippen LogP contribution in [0, 0.1) is 69.0 Å². The molecule has 8 unspecified atom stereocenters. The third-order valence-electron chi connectivity index (χ3n) is 31.6. The Morgan fingerprint density at radius 2 is 0.810 bits per heavy atom. The molecule has 2 aromatic carbocycles. The topological polar surface area (TPSA) is 205 Å². The first-order chi connectivity index (χ1) is 65.8. The second-order valence-corrected chi connectivity index (χ2v) is 55.1. The van der Waals surface area contributed by atoms with E-state index in [1.165, 1.54) is 169 Å². The molecule has 1 saturated carbocycles. The number of aryl methyl sites for hydroxylation is 2. The molecule has 1 aliphatic heterocycles. The van der Waals surface area contributed by atoms with Crippen LogP contribution in [0.1, 0.15) is 483 Å². The summed E-state index contributed by atoms with van der Waals surface area (Å²) in [5, 5.41) is 56.8. The fraction of sp³-hybridized carbons (Fsp3) is 0.771. The second kappa shape index (κ2) is 45.0. The number of aromatic nitrogens is 20. The largest absolute Gasteiger partial charge is 0.362 e. The van der Waals surface area contributed by atoms with Gasteiger partial charge in [-0.05, 0) is 387 Å². The summed E-state index contributed by atoms with van der Waals surface area (Å²) in [6.07, 6.45) is 34.6. The smallest absolute Gasteiger partial charge is 0.296 e. The highest BCUT2D eigenvalue weighted by molar-refractivity contribution is 5.90. The van der Waals surface area contributed by atoms with E-state index in [1.54, 1.807) is 4.68 Å². The highest BCUT2D eigenvalue weighted by Crippen LogP contribution is 2.58. The van der Waals surface area contributed by atoms with E-state index in [0.29, 0.717) is 64.8 Å². The van der Waals surface area contributed by atoms with Crippen LogP contribution in [0.3, 0.4) is 0 Å². The predicted molar refractivity (Wildman–Crippen MR) is 578 cm³/mol. The van der Waals surface area contributed by atoms with Crippen LogP contribution in [-0.2, 0) is 104 Å². The van der Waals surface area contributed by atoms with Crippen LogP contribution in [0.5, 0.6) is 0 Å². The summed E-state index contributed by atoms with van der Waals surface area (Å²) in [6, 6.07) is 18.2. The quantitative estimate of drug-likeness (QED) is 0.157. The molecule has 17 rings (SSSR count). The fourth-order valence-electron chi connectivity index (χ4n) is 23.5. The number of rotatable bonds is 5. The Balaban J connectivity index is 0.000000159. The van der Waals surface area contributed by atoms with Gasteiger partial charge in [0.05, 0.1) is 96.5 Å². The molecular weight excluding hydrogens is 1770 g/mol. The summed E-state index contributed by atoms with van der Waals surface area (Å²) in [4.78, 5) is 2.52. The molecule has 7 aromatic heterocycles. The molecule has 0 saturated heterocycles. The Morgan fingerprint density at radius 1 is 0.366 bits per heavy atom. The van der Waals surface area contributed by atoms with Gasteiger partial charge in [-0.3, -0.25) is 4.68 Å². The monoisotopic (exact) mass is 1960 g/mol. The number of hydrogen-bond donors (Lipinski definition) is 0. The molecule has 8 heterocycles. The van der Waals surface area contributed by atoms with Crippen molar-refractivity contribution in [1.29, 1.82) is 0 Å². The highest BCUT2D eigenvalue weighted by atomic mass is 19.3. The minimum Gasteiger partial charge on any atom is -0.362 e. The summed E-state index contributed by atoms with van der Waals surface area (Å²) in [6.45, 7) is 84.3. The van der Waals surface area contributed by atoms with Gasteiger partial charge in [0, 0.05) is 52.8 Å². The van der Waals surface area contributed by atoms with E-state index in [0.717, 1.165) is 119 Å². The van der Waals surface area contributed by atoms with Gasteiger partial charge in [0.1, 0.15) is 5.69 Å². The SMILES string of the molecule is CC(C)(C)C1CCCCc2c(nnn2C(C)(C)C)C1.CC(C)(C)C1CCCCc2c(nnn2C(C)(C)C)C1(F)F.CC(C)(C)C1CCCc2c(nnn2C(C)(C)C)CC1.CC(C)(C)CC1C2CCc3nnn(C(C)(C)C)c3CCC21.CC(C)(C)N1Cc2ccccc2-c2cnn(C(C)(C)C)c2-c2ccccc21.CC(C)C1CCCCCc2c1nnn2C(C)C.CC(C)n1nnc2c1CCCCCC2(F)C(C)C. The number of alkyl halides is 3. The van der Waals surface area contributed by atoms with Crippen molar-refractivity contribution in [3.8, 4) is 22.4 Å². The summed E-state index contributed by atoms with van der Waals surface area (Å²) >= 11 is 0. The van der Waals surface area contributed by atoms with E-state index < -0.39 is 22.9 Å². The second-order valence-electron chi connectivity index (χ2n) is 55.1. The molecule has 792 valence electrons. The van der Waals surface area contributed by atoms with E-state index >= 15 is 13.2 Å². The lowest BCUT2D eigenvalue weighted by Crippen LogP contribution is -2.41.